The van der Waals surface area contributed by atoms with E-state index in [2.05, 4.69) is 20.6 Å². The van der Waals surface area contributed by atoms with Gasteiger partial charge in [0.05, 0.1) is 13.2 Å². The van der Waals surface area contributed by atoms with Crippen LogP contribution in [0.15, 0.2) is 29.4 Å². The van der Waals surface area contributed by atoms with Crippen molar-refractivity contribution in [2.24, 2.45) is 4.99 Å². The third-order valence-electron chi connectivity index (χ3n) is 3.08. The number of aromatic nitrogens is 1. The fourth-order valence-electron chi connectivity index (χ4n) is 2.01. The molecule has 7 heteroatoms. The van der Waals surface area contributed by atoms with Crippen LogP contribution in [-0.2, 0) is 13.1 Å². The summed E-state index contributed by atoms with van der Waals surface area (Å²) in [6.45, 7) is 5.85. The molecule has 2 aromatic rings. The molecule has 0 aliphatic rings. The van der Waals surface area contributed by atoms with E-state index in [1.54, 1.807) is 18.4 Å². The van der Waals surface area contributed by atoms with Gasteiger partial charge in [-0.25, -0.2) is 4.98 Å². The van der Waals surface area contributed by atoms with Crippen molar-refractivity contribution in [3.8, 4) is 5.75 Å². The fraction of sp³-hybridized carbons (Fsp3) is 0.375. The zero-order valence-corrected chi connectivity index (χ0v) is 15.1. The summed E-state index contributed by atoms with van der Waals surface area (Å²) >= 11 is 7.69. The molecule has 1 aromatic heterocycles. The molecule has 2 N–H and O–H groups in total. The molecule has 0 unspecified atom stereocenters. The summed E-state index contributed by atoms with van der Waals surface area (Å²) in [5.41, 5.74) is 1.03. The molecule has 0 saturated carbocycles. The van der Waals surface area contributed by atoms with Crippen molar-refractivity contribution < 1.29 is 4.74 Å². The van der Waals surface area contributed by atoms with Gasteiger partial charge in [-0.1, -0.05) is 17.7 Å². The predicted molar refractivity (Wildman–Crippen MR) is 96.5 cm³/mol. The highest BCUT2D eigenvalue weighted by atomic mass is 35.5. The van der Waals surface area contributed by atoms with Gasteiger partial charge in [-0.3, -0.25) is 4.99 Å². The van der Waals surface area contributed by atoms with Gasteiger partial charge in [0.1, 0.15) is 10.8 Å². The van der Waals surface area contributed by atoms with Crippen LogP contribution in [-0.4, -0.2) is 24.6 Å². The Morgan fingerprint density at radius 2 is 2.13 bits per heavy atom. The lowest BCUT2D eigenvalue weighted by molar-refractivity contribution is 0.336. The van der Waals surface area contributed by atoms with Gasteiger partial charge in [-0.15, -0.1) is 11.3 Å². The number of aryl methyl sites for hydroxylation is 1. The van der Waals surface area contributed by atoms with Crippen molar-refractivity contribution >= 4 is 28.9 Å². The average molecular weight is 353 g/mol. The van der Waals surface area contributed by atoms with Crippen LogP contribution in [0.5, 0.6) is 5.75 Å². The highest BCUT2D eigenvalue weighted by Gasteiger charge is 2.06. The van der Waals surface area contributed by atoms with Gasteiger partial charge >= 0.3 is 0 Å². The molecule has 0 aliphatic carbocycles. The second kappa shape index (κ2) is 8.74. The van der Waals surface area contributed by atoms with Crippen LogP contribution in [0.25, 0.3) is 0 Å². The molecular formula is C16H21ClN4OS. The first-order valence-corrected chi connectivity index (χ1v) is 8.59. The van der Waals surface area contributed by atoms with Crippen molar-refractivity contribution in [1.82, 2.24) is 15.6 Å². The monoisotopic (exact) mass is 352 g/mol. The molecule has 0 atom stereocenters. The van der Waals surface area contributed by atoms with Crippen LogP contribution in [0.4, 0.5) is 0 Å². The van der Waals surface area contributed by atoms with Crippen LogP contribution in [0.2, 0.25) is 5.02 Å². The van der Waals surface area contributed by atoms with Crippen LogP contribution >= 0.6 is 22.9 Å². The van der Waals surface area contributed by atoms with E-state index in [-0.39, 0.29) is 0 Å². The maximum absolute atomic E-state index is 6.02. The Bertz CT molecular complexity index is 672. The largest absolute Gasteiger partial charge is 0.493 e. The van der Waals surface area contributed by atoms with Crippen LogP contribution in [0.1, 0.15) is 22.4 Å². The van der Waals surface area contributed by atoms with Gasteiger partial charge in [0.2, 0.25) is 0 Å². The highest BCUT2D eigenvalue weighted by Crippen LogP contribution is 2.23. The summed E-state index contributed by atoms with van der Waals surface area (Å²) in [7, 11) is 1.74. The Balaban J connectivity index is 1.92. The number of rotatable bonds is 6. The minimum atomic E-state index is 0.600. The number of benzene rings is 1. The van der Waals surface area contributed by atoms with Gasteiger partial charge in [-0.05, 0) is 26.0 Å². The fourth-order valence-corrected chi connectivity index (χ4v) is 2.90. The van der Waals surface area contributed by atoms with Gasteiger partial charge in [-0.2, -0.15) is 0 Å². The summed E-state index contributed by atoms with van der Waals surface area (Å²) in [4.78, 5) is 9.75. The van der Waals surface area contributed by atoms with Crippen molar-refractivity contribution in [3.05, 3.63) is 44.9 Å². The third kappa shape index (κ3) is 5.41. The summed E-state index contributed by atoms with van der Waals surface area (Å²) in [6.07, 6.45) is 1.87. The second-order valence-corrected chi connectivity index (χ2v) is 6.58. The number of aliphatic imine (C=N–C) groups is 1. The molecule has 23 heavy (non-hydrogen) atoms. The topological polar surface area (TPSA) is 58.5 Å². The third-order valence-corrected chi connectivity index (χ3v) is 4.22. The van der Waals surface area contributed by atoms with E-state index in [0.29, 0.717) is 24.7 Å². The Morgan fingerprint density at radius 3 is 2.78 bits per heavy atom. The van der Waals surface area contributed by atoms with Gasteiger partial charge in [0.15, 0.2) is 5.96 Å². The second-order valence-electron chi connectivity index (χ2n) is 4.83. The number of thiazole rings is 1. The van der Waals surface area contributed by atoms with E-state index in [0.717, 1.165) is 22.3 Å². The zero-order chi connectivity index (χ0) is 16.7. The summed E-state index contributed by atoms with van der Waals surface area (Å²) in [6, 6.07) is 5.64. The summed E-state index contributed by atoms with van der Waals surface area (Å²) in [5.74, 6) is 1.51. The van der Waals surface area contributed by atoms with Gasteiger partial charge in [0, 0.05) is 35.3 Å². The lowest BCUT2D eigenvalue weighted by Crippen LogP contribution is -2.36. The highest BCUT2D eigenvalue weighted by molar-refractivity contribution is 7.11. The Hall–Kier alpha value is -1.79. The molecule has 0 spiro atoms. The molecule has 0 aliphatic heterocycles. The molecule has 1 aromatic carbocycles. The Morgan fingerprint density at radius 1 is 1.35 bits per heavy atom. The standard InChI is InChI=1S/C16H21ClN4OS/c1-4-22-14-7-13(17)6-5-12(14)9-20-16(18-3)21-10-15-19-8-11(2)23-15/h5-8H,4,9-10H2,1-3H3,(H2,18,20,21). The molecule has 0 saturated heterocycles. The number of ether oxygens (including phenoxy) is 1. The lowest BCUT2D eigenvalue weighted by atomic mass is 10.2. The summed E-state index contributed by atoms with van der Waals surface area (Å²) in [5, 5.41) is 8.23. The van der Waals surface area contributed by atoms with Crippen LogP contribution in [0.3, 0.4) is 0 Å². The predicted octanol–water partition coefficient (Wildman–Crippen LogP) is 3.37. The maximum Gasteiger partial charge on any atom is 0.191 e. The molecule has 1 heterocycles. The Kier molecular flexibility index (Phi) is 6.67. The molecule has 5 nitrogen and oxygen atoms in total. The first-order chi connectivity index (χ1) is 11.1. The van der Waals surface area contributed by atoms with E-state index in [1.165, 1.54) is 4.88 Å². The number of hydrogen-bond donors (Lipinski definition) is 2. The van der Waals surface area contributed by atoms with Gasteiger partial charge in [0.25, 0.3) is 0 Å². The number of nitrogens with zero attached hydrogens (tertiary/aromatic N) is 2. The average Bonchev–Trinajstić information content (AvgIpc) is 2.95. The van der Waals surface area contributed by atoms with E-state index in [9.17, 15) is 0 Å². The molecule has 0 bridgehead atoms. The number of guanidine groups is 1. The number of hydrogen-bond acceptors (Lipinski definition) is 4. The molecule has 0 radical (unpaired) electrons. The quantitative estimate of drug-likeness (QED) is 0.618. The van der Waals surface area contributed by atoms with E-state index >= 15 is 0 Å². The van der Waals surface area contributed by atoms with E-state index < -0.39 is 0 Å². The molecule has 0 amide bonds. The van der Waals surface area contributed by atoms with Crippen molar-refractivity contribution in [3.63, 3.8) is 0 Å². The zero-order valence-electron chi connectivity index (χ0n) is 13.5. The van der Waals surface area contributed by atoms with Crippen LogP contribution < -0.4 is 15.4 Å². The lowest BCUT2D eigenvalue weighted by Gasteiger charge is -2.14. The SMILES string of the molecule is CCOc1cc(Cl)ccc1CNC(=NC)NCc1ncc(C)s1. The normalized spacial score (nSPS) is 11.4. The van der Waals surface area contributed by atoms with Gasteiger partial charge < -0.3 is 15.4 Å². The van der Waals surface area contributed by atoms with Crippen LogP contribution in [0, 0.1) is 6.92 Å². The number of nitrogens with one attached hydrogen (secondary N) is 2. The molecule has 2 rings (SSSR count). The molecule has 0 fully saturated rings. The van der Waals surface area contributed by atoms with E-state index in [4.69, 9.17) is 16.3 Å². The molecule has 124 valence electrons. The summed E-state index contributed by atoms with van der Waals surface area (Å²) < 4.78 is 5.62. The van der Waals surface area contributed by atoms with Crippen molar-refractivity contribution in [1.29, 1.82) is 0 Å². The number of halogens is 1. The van der Waals surface area contributed by atoms with E-state index in [1.807, 2.05) is 38.2 Å². The smallest absolute Gasteiger partial charge is 0.191 e. The Labute approximate surface area is 145 Å². The van der Waals surface area contributed by atoms with Crippen molar-refractivity contribution in [2.45, 2.75) is 26.9 Å². The molecular weight excluding hydrogens is 332 g/mol. The first kappa shape index (κ1) is 17.6. The minimum Gasteiger partial charge on any atom is -0.493 e. The van der Waals surface area contributed by atoms with Crippen molar-refractivity contribution in [2.75, 3.05) is 13.7 Å². The maximum atomic E-state index is 6.02. The minimum absolute atomic E-state index is 0.600. The first-order valence-electron chi connectivity index (χ1n) is 7.39.